The highest BCUT2D eigenvalue weighted by molar-refractivity contribution is 6.00. The quantitative estimate of drug-likeness (QED) is 0.117. The topological polar surface area (TPSA) is 200 Å². The second kappa shape index (κ2) is 13.5. The number of aromatic hydroxyl groups is 1. The smallest absolute Gasteiger partial charge is 0.329 e. The first-order valence-corrected chi connectivity index (χ1v) is 14.6. The average molecular weight is 631 g/mol. The number of phenols is 1. The largest absolute Gasteiger partial charge is 0.504 e. The van der Waals surface area contributed by atoms with E-state index in [-0.39, 0.29) is 60.0 Å². The summed E-state index contributed by atoms with van der Waals surface area (Å²) in [6.45, 7) is 6.65. The van der Waals surface area contributed by atoms with Gasteiger partial charge in [-0.15, -0.1) is 0 Å². The normalized spacial score (nSPS) is 13.3. The molecule has 2 aromatic heterocycles. The van der Waals surface area contributed by atoms with Crippen LogP contribution < -0.4 is 15.2 Å². The molecule has 4 N–H and O–H groups in total. The zero-order valence-corrected chi connectivity index (χ0v) is 25.8. The summed E-state index contributed by atoms with van der Waals surface area (Å²) in [5.41, 5.74) is 7.03. The number of hydrogen-bond donors (Lipinski definition) is 3. The number of rotatable bonds is 12. The lowest BCUT2D eigenvalue weighted by atomic mass is 10.2. The highest BCUT2D eigenvalue weighted by atomic mass is 16.5. The van der Waals surface area contributed by atoms with E-state index in [1.54, 1.807) is 26.8 Å². The third kappa shape index (κ3) is 6.67. The molecule has 15 nitrogen and oxygen atoms in total. The molecule has 0 fully saturated rings. The number of nitrogens with one attached hydrogen (secondary N) is 1. The van der Waals surface area contributed by atoms with Crippen molar-refractivity contribution in [1.82, 2.24) is 24.4 Å². The third-order valence-electron chi connectivity index (χ3n) is 7.04. The number of phenolic OH excluding ortho intramolecular Hbond substituents is 1. The van der Waals surface area contributed by atoms with E-state index >= 15 is 0 Å². The van der Waals surface area contributed by atoms with Crippen LogP contribution in [0, 0.1) is 12.3 Å². The van der Waals surface area contributed by atoms with E-state index in [1.807, 2.05) is 30.1 Å². The van der Waals surface area contributed by atoms with Crippen molar-refractivity contribution in [2.75, 3.05) is 33.4 Å². The minimum atomic E-state index is -1.19. The van der Waals surface area contributed by atoms with Crippen molar-refractivity contribution in [1.29, 1.82) is 5.41 Å². The summed E-state index contributed by atoms with van der Waals surface area (Å²) >= 11 is 0. The van der Waals surface area contributed by atoms with Crippen molar-refractivity contribution in [3.8, 4) is 29.1 Å². The number of fused-ring (bicyclic) bond motifs is 1. The molecule has 46 heavy (non-hydrogen) atoms. The van der Waals surface area contributed by atoms with Crippen LogP contribution in [-0.2, 0) is 19.1 Å². The lowest BCUT2D eigenvalue weighted by Gasteiger charge is -2.18. The van der Waals surface area contributed by atoms with Crippen LogP contribution in [-0.4, -0.2) is 86.5 Å². The van der Waals surface area contributed by atoms with Crippen LogP contribution in [0.5, 0.6) is 29.1 Å². The highest BCUT2D eigenvalue weighted by Crippen LogP contribution is 2.36. The molecule has 0 radical (unpaired) electrons. The summed E-state index contributed by atoms with van der Waals surface area (Å²) < 4.78 is 24.0. The van der Waals surface area contributed by atoms with Crippen molar-refractivity contribution in [3.05, 3.63) is 59.4 Å². The van der Waals surface area contributed by atoms with Gasteiger partial charge in [0.05, 0.1) is 26.2 Å². The van der Waals surface area contributed by atoms with Gasteiger partial charge in [-0.2, -0.15) is 9.97 Å². The van der Waals surface area contributed by atoms with Crippen LogP contribution >= 0.6 is 0 Å². The molecule has 5 rings (SSSR count). The Balaban J connectivity index is 1.65. The number of aryl methyl sites for hydroxylation is 1. The van der Waals surface area contributed by atoms with Crippen LogP contribution in [0.2, 0.25) is 0 Å². The van der Waals surface area contributed by atoms with E-state index in [4.69, 9.17) is 30.1 Å². The summed E-state index contributed by atoms with van der Waals surface area (Å²) in [4.78, 5) is 46.0. The number of benzene rings is 2. The Kier molecular flexibility index (Phi) is 9.30. The molecule has 1 aliphatic heterocycles. The highest BCUT2D eigenvalue weighted by Gasteiger charge is 2.31. The summed E-state index contributed by atoms with van der Waals surface area (Å²) in [6.07, 6.45) is -0.353. The summed E-state index contributed by atoms with van der Waals surface area (Å²) in [6, 6.07) is 9.95. The number of likely N-dealkylation sites (N-methyl/N-ethyl adjacent to an activating group) is 1. The Hall–Kier alpha value is -5.73. The van der Waals surface area contributed by atoms with Crippen molar-refractivity contribution in [3.63, 3.8) is 0 Å². The number of esters is 2. The van der Waals surface area contributed by atoms with Gasteiger partial charge >= 0.3 is 17.9 Å². The van der Waals surface area contributed by atoms with Crippen LogP contribution in [0.4, 0.5) is 0 Å². The van der Waals surface area contributed by atoms with Gasteiger partial charge in [0, 0.05) is 24.7 Å². The number of hydrogen-bond acceptors (Lipinski definition) is 13. The van der Waals surface area contributed by atoms with Gasteiger partial charge in [0.25, 0.3) is 5.88 Å². The molecule has 1 unspecified atom stereocenters. The van der Waals surface area contributed by atoms with Crippen molar-refractivity contribution < 1.29 is 33.6 Å². The Labute approximate surface area is 264 Å². The van der Waals surface area contributed by atoms with Crippen molar-refractivity contribution >= 4 is 34.8 Å². The maximum absolute atomic E-state index is 13.2. The number of nitrogens with zero attached hydrogens (tertiary/aromatic N) is 6. The van der Waals surface area contributed by atoms with Gasteiger partial charge in [-0.3, -0.25) is 19.8 Å². The van der Waals surface area contributed by atoms with Crippen LogP contribution in [0.25, 0.3) is 11.2 Å². The van der Waals surface area contributed by atoms with E-state index in [2.05, 4.69) is 19.9 Å². The SMILES string of the molecule is CCOC(=O)CC(C(=O)OCC)n1c(C)nc2c(Oc3cccc(C4=NCCN4C)c3)nc(Oc3cc(C(=N)N)ccc3O)nc21. The number of carbonyl (C=O) groups is 2. The number of ether oxygens (including phenoxy) is 4. The van der Waals surface area contributed by atoms with Crippen LogP contribution in [0.3, 0.4) is 0 Å². The van der Waals surface area contributed by atoms with Crippen LogP contribution in [0.15, 0.2) is 47.5 Å². The van der Waals surface area contributed by atoms with Gasteiger partial charge in [-0.25, -0.2) is 9.78 Å². The van der Waals surface area contributed by atoms with E-state index in [1.165, 1.54) is 22.8 Å². The molecule has 3 heterocycles. The second-order valence-corrected chi connectivity index (χ2v) is 10.2. The lowest BCUT2D eigenvalue weighted by molar-refractivity contribution is -0.153. The molecule has 0 saturated carbocycles. The number of imidazole rings is 1. The molecule has 2 aromatic carbocycles. The first-order chi connectivity index (χ1) is 22.1. The van der Waals surface area contributed by atoms with Gasteiger partial charge in [-0.05, 0) is 51.1 Å². The lowest BCUT2D eigenvalue weighted by Crippen LogP contribution is -2.26. The molecule has 0 bridgehead atoms. The standard InChI is InChI=1S/C31H34N8O7/c1-5-43-24(41)16-21(30(42)44-6-2)39-17(3)35-25-28(39)36-31(46-23-15-18(26(32)33)10-11-22(23)40)37-29(25)45-20-9-7-8-19(14-20)27-34-12-13-38(27)4/h7-11,14-15,21,40H,5-6,12-13,16H2,1-4H3,(H3,32,33). The minimum absolute atomic E-state index is 0.0262. The molecule has 4 aromatic rings. The molecule has 0 spiro atoms. The van der Waals surface area contributed by atoms with Gasteiger partial charge in [-0.1, -0.05) is 12.1 Å². The Morgan fingerprint density at radius 2 is 1.85 bits per heavy atom. The fraction of sp³-hybridized carbons (Fsp3) is 0.323. The maximum Gasteiger partial charge on any atom is 0.329 e. The van der Waals surface area contributed by atoms with Gasteiger partial charge < -0.3 is 34.7 Å². The summed E-state index contributed by atoms with van der Waals surface area (Å²) in [5, 5.41) is 18.3. The van der Waals surface area contributed by atoms with Crippen LogP contribution in [0.1, 0.15) is 43.3 Å². The monoisotopic (exact) mass is 630 g/mol. The fourth-order valence-corrected chi connectivity index (χ4v) is 4.94. The Morgan fingerprint density at radius 1 is 1.07 bits per heavy atom. The summed E-state index contributed by atoms with van der Waals surface area (Å²) in [7, 11) is 1.96. The predicted molar refractivity (Wildman–Crippen MR) is 167 cm³/mol. The first-order valence-electron chi connectivity index (χ1n) is 14.6. The molecule has 0 amide bonds. The van der Waals surface area contributed by atoms with Crippen molar-refractivity contribution in [2.45, 2.75) is 33.2 Å². The minimum Gasteiger partial charge on any atom is -0.504 e. The van der Waals surface area contributed by atoms with E-state index < -0.39 is 18.0 Å². The van der Waals surface area contributed by atoms with Gasteiger partial charge in [0.1, 0.15) is 29.3 Å². The molecule has 240 valence electrons. The number of nitrogens with two attached hydrogens (primary N) is 1. The predicted octanol–water partition coefficient (Wildman–Crippen LogP) is 3.46. The molecule has 0 aliphatic carbocycles. The zero-order valence-electron chi connectivity index (χ0n) is 25.8. The first kappa shape index (κ1) is 31.7. The average Bonchev–Trinajstić information content (AvgIpc) is 3.59. The maximum atomic E-state index is 13.2. The zero-order chi connectivity index (χ0) is 33.0. The van der Waals surface area contributed by atoms with E-state index in [0.717, 1.165) is 17.9 Å². The third-order valence-corrected chi connectivity index (χ3v) is 7.04. The Bertz CT molecular complexity index is 1840. The second-order valence-electron chi connectivity index (χ2n) is 10.2. The Morgan fingerprint density at radius 3 is 2.54 bits per heavy atom. The molecule has 1 atom stereocenters. The van der Waals surface area contributed by atoms with E-state index in [0.29, 0.717) is 23.7 Å². The fourth-order valence-electron chi connectivity index (χ4n) is 4.94. The number of carbonyl (C=O) groups excluding carboxylic acids is 2. The molecule has 0 saturated heterocycles. The number of nitrogen functional groups attached to an aromatic ring is 1. The molecule has 1 aliphatic rings. The number of amidine groups is 2. The number of aliphatic imine (C=N–C) groups is 1. The van der Waals surface area contributed by atoms with Crippen molar-refractivity contribution in [2.24, 2.45) is 10.7 Å². The molecular formula is C31H34N8O7. The number of aromatic nitrogens is 4. The van der Waals surface area contributed by atoms with E-state index in [9.17, 15) is 14.7 Å². The van der Waals surface area contributed by atoms with Gasteiger partial charge in [0.2, 0.25) is 0 Å². The molecule has 15 heteroatoms. The van der Waals surface area contributed by atoms with Gasteiger partial charge in [0.15, 0.2) is 22.7 Å². The summed E-state index contributed by atoms with van der Waals surface area (Å²) in [5.74, 6) is -0.387. The molecular weight excluding hydrogens is 596 g/mol.